The van der Waals surface area contributed by atoms with E-state index < -0.39 is 0 Å². The molecule has 6 heteroatoms. The van der Waals surface area contributed by atoms with E-state index in [4.69, 9.17) is 9.47 Å². The van der Waals surface area contributed by atoms with Crippen LogP contribution < -0.4 is 5.32 Å². The maximum Gasteiger partial charge on any atom is 0.202 e. The van der Waals surface area contributed by atoms with Gasteiger partial charge < -0.3 is 19.4 Å². The third-order valence-corrected chi connectivity index (χ3v) is 3.07. The summed E-state index contributed by atoms with van der Waals surface area (Å²) in [6, 6.07) is 0. The monoisotopic (exact) mass is 254 g/mol. The number of aromatic nitrogens is 2. The highest BCUT2D eigenvalue weighted by Crippen LogP contribution is 2.05. The fourth-order valence-electron chi connectivity index (χ4n) is 2.00. The number of methoxy groups -OCH3 is 1. The van der Waals surface area contributed by atoms with Gasteiger partial charge in [0.2, 0.25) is 5.95 Å². The number of ether oxygens (including phenoxy) is 2. The molecule has 0 spiro atoms. The van der Waals surface area contributed by atoms with Crippen molar-refractivity contribution in [1.82, 2.24) is 14.5 Å². The second kappa shape index (κ2) is 7.35. The molecule has 0 amide bonds. The first-order valence-electron chi connectivity index (χ1n) is 6.44. The summed E-state index contributed by atoms with van der Waals surface area (Å²) >= 11 is 0. The van der Waals surface area contributed by atoms with Gasteiger partial charge in [-0.15, -0.1) is 0 Å². The van der Waals surface area contributed by atoms with Crippen molar-refractivity contribution in [2.45, 2.75) is 6.54 Å². The van der Waals surface area contributed by atoms with E-state index >= 15 is 0 Å². The molecule has 1 saturated heterocycles. The van der Waals surface area contributed by atoms with Crippen molar-refractivity contribution >= 4 is 5.95 Å². The molecule has 6 nitrogen and oxygen atoms in total. The van der Waals surface area contributed by atoms with Crippen LogP contribution in [0.25, 0.3) is 0 Å². The number of anilines is 1. The van der Waals surface area contributed by atoms with Gasteiger partial charge in [-0.2, -0.15) is 0 Å². The molecule has 0 unspecified atom stereocenters. The van der Waals surface area contributed by atoms with Crippen LogP contribution in [0.4, 0.5) is 5.95 Å². The molecule has 2 heterocycles. The standard InChI is InChI=1S/C12H22N4O2/c1-17-9-3-14-12-13-2-4-16(12)6-5-15-7-10-18-11-8-15/h2,4H,3,5-11H2,1H3,(H,13,14). The van der Waals surface area contributed by atoms with E-state index in [9.17, 15) is 0 Å². The zero-order valence-electron chi connectivity index (χ0n) is 11.0. The quantitative estimate of drug-likeness (QED) is 0.708. The summed E-state index contributed by atoms with van der Waals surface area (Å²) in [5.74, 6) is 0.917. The Kier molecular flexibility index (Phi) is 5.44. The topological polar surface area (TPSA) is 51.5 Å². The average Bonchev–Trinajstić information content (AvgIpc) is 2.86. The summed E-state index contributed by atoms with van der Waals surface area (Å²) in [4.78, 5) is 6.72. The van der Waals surface area contributed by atoms with Gasteiger partial charge in [-0.1, -0.05) is 0 Å². The smallest absolute Gasteiger partial charge is 0.202 e. The molecule has 0 radical (unpaired) electrons. The molecule has 1 N–H and O–H groups in total. The third-order valence-electron chi connectivity index (χ3n) is 3.07. The van der Waals surface area contributed by atoms with Gasteiger partial charge in [-0.25, -0.2) is 4.98 Å². The highest BCUT2D eigenvalue weighted by molar-refractivity contribution is 5.25. The lowest BCUT2D eigenvalue weighted by Gasteiger charge is -2.26. The predicted octanol–water partition coefficient (Wildman–Crippen LogP) is 0.274. The SMILES string of the molecule is COCCNc1nccn1CCN1CCOCC1. The Labute approximate surface area is 108 Å². The van der Waals surface area contributed by atoms with Gasteiger partial charge in [-0.3, -0.25) is 4.90 Å². The van der Waals surface area contributed by atoms with Crippen molar-refractivity contribution in [3.8, 4) is 0 Å². The van der Waals surface area contributed by atoms with Crippen LogP contribution in [-0.2, 0) is 16.0 Å². The number of morpholine rings is 1. The fourth-order valence-corrected chi connectivity index (χ4v) is 2.00. The van der Waals surface area contributed by atoms with E-state index in [1.165, 1.54) is 0 Å². The van der Waals surface area contributed by atoms with Crippen molar-refractivity contribution < 1.29 is 9.47 Å². The van der Waals surface area contributed by atoms with Gasteiger partial charge in [0.1, 0.15) is 0 Å². The largest absolute Gasteiger partial charge is 0.383 e. The molecule has 18 heavy (non-hydrogen) atoms. The van der Waals surface area contributed by atoms with E-state index in [1.54, 1.807) is 7.11 Å². The number of hydrogen-bond acceptors (Lipinski definition) is 5. The minimum Gasteiger partial charge on any atom is -0.383 e. The Morgan fingerprint density at radius 2 is 2.22 bits per heavy atom. The van der Waals surface area contributed by atoms with Crippen LogP contribution in [0, 0.1) is 0 Å². The molecule has 0 bridgehead atoms. The zero-order chi connectivity index (χ0) is 12.6. The van der Waals surface area contributed by atoms with Crippen LogP contribution in [0.3, 0.4) is 0 Å². The van der Waals surface area contributed by atoms with Gasteiger partial charge in [-0.05, 0) is 0 Å². The van der Waals surface area contributed by atoms with Crippen LogP contribution in [0.5, 0.6) is 0 Å². The van der Waals surface area contributed by atoms with Gasteiger partial charge in [0, 0.05) is 52.2 Å². The molecule has 0 saturated carbocycles. The minimum atomic E-state index is 0.691. The van der Waals surface area contributed by atoms with Gasteiger partial charge in [0.05, 0.1) is 19.8 Å². The van der Waals surface area contributed by atoms with Crippen molar-refractivity contribution in [3.63, 3.8) is 0 Å². The molecule has 1 fully saturated rings. The van der Waals surface area contributed by atoms with Gasteiger partial charge >= 0.3 is 0 Å². The number of nitrogens with zero attached hydrogens (tertiary/aromatic N) is 3. The number of hydrogen-bond donors (Lipinski definition) is 1. The first-order chi connectivity index (χ1) is 8.90. The number of rotatable bonds is 7. The van der Waals surface area contributed by atoms with Gasteiger partial charge in [0.15, 0.2) is 0 Å². The summed E-state index contributed by atoms with van der Waals surface area (Å²) in [6.07, 6.45) is 3.84. The second-order valence-corrected chi connectivity index (χ2v) is 4.32. The molecular weight excluding hydrogens is 232 g/mol. The fraction of sp³-hybridized carbons (Fsp3) is 0.750. The first-order valence-corrected chi connectivity index (χ1v) is 6.44. The molecule has 0 aliphatic carbocycles. The molecule has 102 valence electrons. The molecule has 1 aromatic heterocycles. The van der Waals surface area contributed by atoms with E-state index in [0.29, 0.717) is 6.61 Å². The summed E-state index contributed by atoms with van der Waals surface area (Å²) in [5.41, 5.74) is 0. The summed E-state index contributed by atoms with van der Waals surface area (Å²) in [7, 11) is 1.70. The maximum atomic E-state index is 5.34. The number of nitrogens with one attached hydrogen (secondary N) is 1. The predicted molar refractivity (Wildman–Crippen MR) is 69.9 cm³/mol. The van der Waals surface area contributed by atoms with E-state index in [-0.39, 0.29) is 0 Å². The molecule has 0 atom stereocenters. The highest BCUT2D eigenvalue weighted by atomic mass is 16.5. The van der Waals surface area contributed by atoms with Crippen LogP contribution in [0.2, 0.25) is 0 Å². The summed E-state index contributed by atoms with van der Waals surface area (Å²) < 4.78 is 12.5. The molecule has 0 aromatic carbocycles. The number of imidazole rings is 1. The Morgan fingerprint density at radius 3 is 3.00 bits per heavy atom. The Balaban J connectivity index is 1.75. The third kappa shape index (κ3) is 3.97. The van der Waals surface area contributed by atoms with Crippen molar-refractivity contribution in [3.05, 3.63) is 12.4 Å². The molecule has 2 rings (SSSR count). The molecule has 1 aromatic rings. The summed E-state index contributed by atoms with van der Waals surface area (Å²) in [6.45, 7) is 7.23. The summed E-state index contributed by atoms with van der Waals surface area (Å²) in [5, 5.41) is 3.27. The van der Waals surface area contributed by atoms with Crippen LogP contribution in [0.1, 0.15) is 0 Å². The van der Waals surface area contributed by atoms with Gasteiger partial charge in [0.25, 0.3) is 0 Å². The lowest BCUT2D eigenvalue weighted by molar-refractivity contribution is 0.0364. The minimum absolute atomic E-state index is 0.691. The normalized spacial score (nSPS) is 16.9. The van der Waals surface area contributed by atoms with Crippen LogP contribution in [0.15, 0.2) is 12.4 Å². The van der Waals surface area contributed by atoms with Crippen molar-refractivity contribution in [2.75, 3.05) is 58.4 Å². The van der Waals surface area contributed by atoms with Crippen LogP contribution >= 0.6 is 0 Å². The lowest BCUT2D eigenvalue weighted by Crippen LogP contribution is -2.38. The van der Waals surface area contributed by atoms with E-state index in [2.05, 4.69) is 19.8 Å². The molecule has 1 aliphatic rings. The Hall–Kier alpha value is -1.11. The second-order valence-electron chi connectivity index (χ2n) is 4.32. The first kappa shape index (κ1) is 13.3. The van der Waals surface area contributed by atoms with E-state index in [1.807, 2.05) is 12.4 Å². The zero-order valence-corrected chi connectivity index (χ0v) is 11.0. The lowest BCUT2D eigenvalue weighted by atomic mass is 10.4. The Morgan fingerprint density at radius 1 is 1.39 bits per heavy atom. The van der Waals surface area contributed by atoms with E-state index in [0.717, 1.165) is 51.9 Å². The maximum absolute atomic E-state index is 5.34. The average molecular weight is 254 g/mol. The molecule has 1 aliphatic heterocycles. The van der Waals surface area contributed by atoms with Crippen LogP contribution in [-0.4, -0.2) is 67.6 Å². The van der Waals surface area contributed by atoms with Crippen molar-refractivity contribution in [1.29, 1.82) is 0 Å². The highest BCUT2D eigenvalue weighted by Gasteiger charge is 2.10. The Bertz CT molecular complexity index is 337. The molecular formula is C12H22N4O2. The van der Waals surface area contributed by atoms with Crippen molar-refractivity contribution in [2.24, 2.45) is 0 Å².